The summed E-state index contributed by atoms with van der Waals surface area (Å²) in [4.78, 5) is 21.2. The molecule has 0 amide bonds. The van der Waals surface area contributed by atoms with E-state index in [9.17, 15) is 9.59 Å². The summed E-state index contributed by atoms with van der Waals surface area (Å²) in [5, 5.41) is 17.3. The van der Waals surface area contributed by atoms with Crippen molar-refractivity contribution >= 4 is 11.9 Å². The van der Waals surface area contributed by atoms with Gasteiger partial charge in [0.1, 0.15) is 0 Å². The average molecular weight is 346 g/mol. The first kappa shape index (κ1) is 14.7. The zero-order valence-corrected chi connectivity index (χ0v) is 10.2. The average Bonchev–Trinajstić information content (AvgIpc) is 2.15. The van der Waals surface area contributed by atoms with Gasteiger partial charge in [-0.2, -0.15) is 0 Å². The van der Waals surface area contributed by atoms with E-state index in [0.29, 0.717) is 5.56 Å². The van der Waals surface area contributed by atoms with E-state index in [-0.39, 0.29) is 55.8 Å². The first-order valence-corrected chi connectivity index (χ1v) is 4.11. The van der Waals surface area contributed by atoms with Crippen LogP contribution in [0.4, 0.5) is 0 Å². The van der Waals surface area contributed by atoms with Gasteiger partial charge in [0.15, 0.2) is 0 Å². The fourth-order valence-electron chi connectivity index (χ4n) is 1.21. The topological polar surface area (TPSA) is 74.6 Å². The molecule has 0 aliphatic rings. The van der Waals surface area contributed by atoms with Gasteiger partial charge < -0.3 is 10.2 Å². The van der Waals surface area contributed by atoms with Crippen molar-refractivity contribution in [2.45, 2.75) is 12.3 Å². The van der Waals surface area contributed by atoms with Gasteiger partial charge in [-0.15, -0.1) is 0 Å². The van der Waals surface area contributed by atoms with E-state index in [0.717, 1.165) is 0 Å². The fraction of sp³-hybridized carbons (Fsp3) is 0.200. The van der Waals surface area contributed by atoms with Gasteiger partial charge in [0.2, 0.25) is 0 Å². The molecule has 0 fully saturated rings. The monoisotopic (exact) mass is 347 g/mol. The molecule has 0 saturated heterocycles. The van der Waals surface area contributed by atoms with Crippen LogP contribution in [0.2, 0.25) is 0 Å². The van der Waals surface area contributed by atoms with Gasteiger partial charge in [0, 0.05) is 49.4 Å². The van der Waals surface area contributed by atoms with Gasteiger partial charge in [-0.1, -0.05) is 30.3 Å². The summed E-state index contributed by atoms with van der Waals surface area (Å²) in [5.74, 6) is -3.19. The van der Waals surface area contributed by atoms with Gasteiger partial charge in [-0.05, 0) is 5.56 Å². The fourth-order valence-corrected chi connectivity index (χ4v) is 1.21. The predicted octanol–water partition coefficient (Wildman–Crippen LogP) is 1.33. The maximum absolute atomic E-state index is 10.8. The normalized spacial score (nSPS) is 11.2. The summed E-state index contributed by atoms with van der Waals surface area (Å²) < 4.78 is 0. The second-order valence-corrected chi connectivity index (χ2v) is 2.90. The minimum absolute atomic E-state index is 0. The van der Waals surface area contributed by atoms with Gasteiger partial charge in [-0.3, -0.25) is 9.59 Å². The number of carboxylic acid groups (broad SMARTS) is 2. The molecule has 1 radical (unpaired) electrons. The van der Waals surface area contributed by atoms with Crippen LogP contribution in [0.15, 0.2) is 30.3 Å². The molecule has 0 spiro atoms. The van der Waals surface area contributed by atoms with E-state index >= 15 is 0 Å². The van der Waals surface area contributed by atoms with Crippen LogP contribution in [-0.2, 0) is 9.59 Å². The Morgan fingerprint density at radius 1 is 1.13 bits per heavy atom. The summed E-state index contributed by atoms with van der Waals surface area (Å²) in [7, 11) is 0. The molecule has 0 aromatic heterocycles. The predicted molar refractivity (Wildman–Crippen MR) is 49.1 cm³/mol. The second-order valence-electron chi connectivity index (χ2n) is 2.90. The van der Waals surface area contributed by atoms with Gasteiger partial charge in [0.05, 0.1) is 12.3 Å². The summed E-state index contributed by atoms with van der Waals surface area (Å²) in [6, 6.07) is 8.35. The number of aliphatic carboxylic acids is 2. The number of rotatable bonds is 4. The quantitative estimate of drug-likeness (QED) is 0.863. The van der Waals surface area contributed by atoms with Crippen LogP contribution in [-0.4, -0.2) is 22.2 Å². The van der Waals surface area contributed by atoms with Crippen molar-refractivity contribution in [1.82, 2.24) is 0 Å². The summed E-state index contributed by atoms with van der Waals surface area (Å²) in [6.45, 7) is 0. The maximum atomic E-state index is 10.8. The second kappa shape index (κ2) is 7.09. The molecule has 1 rings (SSSR count). The number of carbonyl (C=O) groups is 2. The van der Waals surface area contributed by atoms with Crippen molar-refractivity contribution < 1.29 is 69.2 Å². The van der Waals surface area contributed by atoms with E-state index < -0.39 is 17.9 Å². The Morgan fingerprint density at radius 3 is 2.07 bits per heavy atom. The van der Waals surface area contributed by atoms with E-state index in [4.69, 9.17) is 10.2 Å². The third-order valence-electron chi connectivity index (χ3n) is 1.88. The van der Waals surface area contributed by atoms with Crippen molar-refractivity contribution in [2.24, 2.45) is 0 Å². The first-order valence-electron chi connectivity index (χ1n) is 4.11. The van der Waals surface area contributed by atoms with Crippen LogP contribution in [0.3, 0.4) is 0 Å². The SMILES string of the molecule is O=C(O)CC(C(=O)O)c1ccccc1.[Eu]. The maximum Gasteiger partial charge on any atom is 0.311 e. The number of hydrogen-bond acceptors (Lipinski definition) is 2. The molecule has 15 heavy (non-hydrogen) atoms. The van der Waals surface area contributed by atoms with Crippen LogP contribution < -0.4 is 0 Å². The Balaban J connectivity index is 0.00000196. The van der Waals surface area contributed by atoms with Crippen molar-refractivity contribution in [3.8, 4) is 0 Å². The molecular formula is C10H10EuO4. The Bertz CT molecular complexity index is 337. The van der Waals surface area contributed by atoms with Crippen LogP contribution in [0.25, 0.3) is 0 Å². The molecule has 1 aromatic carbocycles. The summed E-state index contributed by atoms with van der Waals surface area (Å²) >= 11 is 0. The van der Waals surface area contributed by atoms with E-state index in [1.807, 2.05) is 0 Å². The Labute approximate surface area is 128 Å². The van der Waals surface area contributed by atoms with Gasteiger partial charge in [-0.25, -0.2) is 0 Å². The smallest absolute Gasteiger partial charge is 0.311 e. The minimum atomic E-state index is -1.11. The Hall–Kier alpha value is -0.256. The summed E-state index contributed by atoms with van der Waals surface area (Å²) in [6.07, 6.45) is -0.390. The molecule has 1 unspecified atom stereocenters. The van der Waals surface area contributed by atoms with Gasteiger partial charge >= 0.3 is 11.9 Å². The minimum Gasteiger partial charge on any atom is -0.481 e. The van der Waals surface area contributed by atoms with Crippen molar-refractivity contribution in [3.05, 3.63) is 35.9 Å². The van der Waals surface area contributed by atoms with Crippen LogP contribution in [0.5, 0.6) is 0 Å². The molecule has 0 heterocycles. The molecule has 2 N–H and O–H groups in total. The molecule has 81 valence electrons. The molecule has 0 aliphatic carbocycles. The molecular weight excluding hydrogens is 336 g/mol. The third kappa shape index (κ3) is 4.86. The molecule has 1 aromatic rings. The third-order valence-corrected chi connectivity index (χ3v) is 1.88. The van der Waals surface area contributed by atoms with Crippen LogP contribution >= 0.6 is 0 Å². The Morgan fingerprint density at radius 2 is 1.67 bits per heavy atom. The number of carboxylic acids is 2. The van der Waals surface area contributed by atoms with Gasteiger partial charge in [0.25, 0.3) is 0 Å². The number of hydrogen-bond donors (Lipinski definition) is 2. The number of benzene rings is 1. The zero-order chi connectivity index (χ0) is 10.6. The van der Waals surface area contributed by atoms with Crippen LogP contribution in [0.1, 0.15) is 17.9 Å². The van der Waals surface area contributed by atoms with Crippen molar-refractivity contribution in [2.75, 3.05) is 0 Å². The summed E-state index contributed by atoms with van der Waals surface area (Å²) in [5.41, 5.74) is 0.516. The molecule has 0 aliphatic heterocycles. The van der Waals surface area contributed by atoms with Crippen molar-refractivity contribution in [3.63, 3.8) is 0 Å². The van der Waals surface area contributed by atoms with Crippen LogP contribution in [0, 0.1) is 49.4 Å². The largest absolute Gasteiger partial charge is 0.481 e. The molecule has 1 atom stereocenters. The Kier molecular flexibility index (Phi) is 6.97. The molecule has 5 heteroatoms. The van der Waals surface area contributed by atoms with E-state index in [1.54, 1.807) is 30.3 Å². The zero-order valence-electron chi connectivity index (χ0n) is 7.76. The van der Waals surface area contributed by atoms with E-state index in [2.05, 4.69) is 0 Å². The standard InChI is InChI=1S/C10H10O4.Eu/c11-9(12)6-8(10(13)14)7-4-2-1-3-5-7;/h1-5,8H,6H2,(H,11,12)(H,13,14);. The van der Waals surface area contributed by atoms with Crippen molar-refractivity contribution in [1.29, 1.82) is 0 Å². The first-order chi connectivity index (χ1) is 6.61. The molecule has 0 saturated carbocycles. The molecule has 0 bridgehead atoms. The van der Waals surface area contributed by atoms with E-state index in [1.165, 1.54) is 0 Å². The molecule has 4 nitrogen and oxygen atoms in total.